The van der Waals surface area contributed by atoms with E-state index >= 15 is 0 Å². The summed E-state index contributed by atoms with van der Waals surface area (Å²) in [5.74, 6) is -1.16. The second-order valence-electron chi connectivity index (χ2n) is 6.83. The van der Waals surface area contributed by atoms with E-state index in [2.05, 4.69) is 0 Å². The van der Waals surface area contributed by atoms with Gasteiger partial charge in [0.05, 0.1) is 24.9 Å². The number of hydrogen-bond acceptors (Lipinski definition) is 4. The van der Waals surface area contributed by atoms with E-state index in [1.165, 1.54) is 18.2 Å². The maximum absolute atomic E-state index is 13.8. The molecule has 0 unspecified atom stereocenters. The lowest BCUT2D eigenvalue weighted by molar-refractivity contribution is 0.00140. The Kier molecular flexibility index (Phi) is 7.08. The van der Waals surface area contributed by atoms with Crippen LogP contribution in [0.5, 0.6) is 0 Å². The van der Waals surface area contributed by atoms with Crippen LogP contribution in [0.4, 0.5) is 8.78 Å². The summed E-state index contributed by atoms with van der Waals surface area (Å²) in [5, 5.41) is 10.1. The highest BCUT2D eigenvalue weighted by Gasteiger charge is 2.24. The number of rotatable bonds is 7. The highest BCUT2D eigenvalue weighted by Crippen LogP contribution is 2.13. The van der Waals surface area contributed by atoms with Crippen LogP contribution in [0.15, 0.2) is 48.5 Å². The standard InChI is InChI=1S/C21H24F2N2O3/c22-19-7-3-1-5-16(19)14-28-15-17(26)13-24-9-11-25(12-10-24)21(27)18-6-2-4-8-20(18)23/h1-8,17,26H,9-15H2/t17-/m1/s1. The van der Waals surface area contributed by atoms with E-state index in [1.54, 1.807) is 35.2 Å². The second-order valence-corrected chi connectivity index (χ2v) is 6.83. The van der Waals surface area contributed by atoms with Crippen LogP contribution in [-0.2, 0) is 11.3 Å². The van der Waals surface area contributed by atoms with Crippen LogP contribution < -0.4 is 0 Å². The highest BCUT2D eigenvalue weighted by atomic mass is 19.1. The van der Waals surface area contributed by atoms with Gasteiger partial charge >= 0.3 is 0 Å². The van der Waals surface area contributed by atoms with Crippen molar-refractivity contribution in [1.82, 2.24) is 9.80 Å². The van der Waals surface area contributed by atoms with Crippen molar-refractivity contribution in [2.75, 3.05) is 39.3 Å². The molecule has 0 aliphatic carbocycles. The maximum atomic E-state index is 13.8. The summed E-state index contributed by atoms with van der Waals surface area (Å²) in [4.78, 5) is 16.1. The molecule has 28 heavy (non-hydrogen) atoms. The van der Waals surface area contributed by atoms with Gasteiger partial charge in [0.2, 0.25) is 0 Å². The summed E-state index contributed by atoms with van der Waals surface area (Å²) in [6.45, 7) is 2.72. The summed E-state index contributed by atoms with van der Waals surface area (Å²) in [6, 6.07) is 12.3. The number of piperazine rings is 1. The van der Waals surface area contributed by atoms with Crippen LogP contribution in [0.1, 0.15) is 15.9 Å². The largest absolute Gasteiger partial charge is 0.389 e. The maximum Gasteiger partial charge on any atom is 0.256 e. The third kappa shape index (κ3) is 5.34. The van der Waals surface area contributed by atoms with Gasteiger partial charge in [0.15, 0.2) is 0 Å². The van der Waals surface area contributed by atoms with Crippen LogP contribution in [-0.4, -0.2) is 66.2 Å². The normalized spacial score (nSPS) is 16.2. The van der Waals surface area contributed by atoms with Crippen molar-refractivity contribution in [3.63, 3.8) is 0 Å². The van der Waals surface area contributed by atoms with Gasteiger partial charge in [0.25, 0.3) is 5.91 Å². The Morgan fingerprint density at radius 1 is 1.00 bits per heavy atom. The van der Waals surface area contributed by atoms with Gasteiger partial charge in [-0.25, -0.2) is 8.78 Å². The molecule has 1 atom stereocenters. The van der Waals surface area contributed by atoms with Crippen molar-refractivity contribution in [3.8, 4) is 0 Å². The van der Waals surface area contributed by atoms with E-state index < -0.39 is 11.9 Å². The van der Waals surface area contributed by atoms with Gasteiger partial charge in [-0.05, 0) is 18.2 Å². The van der Waals surface area contributed by atoms with Crippen molar-refractivity contribution in [3.05, 3.63) is 71.3 Å². The molecule has 0 saturated carbocycles. The molecule has 3 rings (SSSR count). The van der Waals surface area contributed by atoms with Crippen LogP contribution in [0.25, 0.3) is 0 Å². The molecule has 0 spiro atoms. The lowest BCUT2D eigenvalue weighted by Gasteiger charge is -2.35. The molecule has 1 aliphatic rings. The van der Waals surface area contributed by atoms with Gasteiger partial charge in [-0.2, -0.15) is 0 Å². The van der Waals surface area contributed by atoms with Crippen molar-refractivity contribution in [1.29, 1.82) is 0 Å². The SMILES string of the molecule is O=C(c1ccccc1F)N1CCN(C[C@@H](O)COCc2ccccc2F)CC1. The summed E-state index contributed by atoms with van der Waals surface area (Å²) < 4.78 is 32.7. The van der Waals surface area contributed by atoms with E-state index in [0.717, 1.165) is 0 Å². The fraction of sp³-hybridized carbons (Fsp3) is 0.381. The average Bonchev–Trinajstić information content (AvgIpc) is 2.70. The molecule has 2 aromatic carbocycles. The minimum absolute atomic E-state index is 0.0810. The minimum atomic E-state index is -0.708. The van der Waals surface area contributed by atoms with E-state index in [9.17, 15) is 18.7 Å². The van der Waals surface area contributed by atoms with Crippen LogP contribution in [0.2, 0.25) is 0 Å². The predicted octanol–water partition coefficient (Wildman–Crippen LogP) is 2.30. The number of amides is 1. The van der Waals surface area contributed by atoms with Gasteiger partial charge in [-0.3, -0.25) is 9.69 Å². The number of nitrogens with zero attached hydrogens (tertiary/aromatic N) is 2. The Labute approximate surface area is 163 Å². The van der Waals surface area contributed by atoms with E-state index in [4.69, 9.17) is 4.74 Å². The highest BCUT2D eigenvalue weighted by molar-refractivity contribution is 5.94. The molecule has 150 valence electrons. The van der Waals surface area contributed by atoms with Gasteiger partial charge in [0.1, 0.15) is 11.6 Å². The lowest BCUT2D eigenvalue weighted by Crippen LogP contribution is -2.51. The molecular weight excluding hydrogens is 366 g/mol. The molecule has 7 heteroatoms. The zero-order chi connectivity index (χ0) is 19.9. The topological polar surface area (TPSA) is 53.0 Å². The van der Waals surface area contributed by atoms with Gasteiger partial charge in [0, 0.05) is 38.3 Å². The Hall–Kier alpha value is -2.35. The number of carbonyl (C=O) groups is 1. The summed E-state index contributed by atoms with van der Waals surface area (Å²) >= 11 is 0. The van der Waals surface area contributed by atoms with Gasteiger partial charge in [-0.15, -0.1) is 0 Å². The van der Waals surface area contributed by atoms with Gasteiger partial charge < -0.3 is 14.7 Å². The Morgan fingerprint density at radius 3 is 2.32 bits per heavy atom. The van der Waals surface area contributed by atoms with Crippen molar-refractivity contribution >= 4 is 5.91 Å². The third-order valence-corrected chi connectivity index (χ3v) is 4.76. The fourth-order valence-corrected chi connectivity index (χ4v) is 3.21. The first-order valence-corrected chi connectivity index (χ1v) is 9.30. The zero-order valence-corrected chi connectivity index (χ0v) is 15.6. The van der Waals surface area contributed by atoms with E-state index in [0.29, 0.717) is 38.3 Å². The van der Waals surface area contributed by atoms with E-state index in [-0.39, 0.29) is 30.5 Å². The molecule has 0 bridgehead atoms. The van der Waals surface area contributed by atoms with Crippen LogP contribution in [0, 0.1) is 11.6 Å². The monoisotopic (exact) mass is 390 g/mol. The fourth-order valence-electron chi connectivity index (χ4n) is 3.21. The number of carbonyl (C=O) groups excluding carboxylic acids is 1. The number of aliphatic hydroxyl groups is 1. The van der Waals surface area contributed by atoms with Crippen molar-refractivity contribution in [2.24, 2.45) is 0 Å². The minimum Gasteiger partial charge on any atom is -0.389 e. The molecule has 1 aliphatic heterocycles. The molecule has 1 heterocycles. The first kappa shape index (κ1) is 20.4. The molecule has 1 amide bonds. The Balaban J connectivity index is 1.40. The second kappa shape index (κ2) is 9.73. The number of halogens is 2. The molecule has 0 aromatic heterocycles. The molecule has 1 saturated heterocycles. The number of β-amino-alcohol motifs (C(OH)–C–C–N with tert-alkyl or cyclic N) is 1. The number of hydrogen-bond donors (Lipinski definition) is 1. The average molecular weight is 390 g/mol. The molecular formula is C21H24F2N2O3. The lowest BCUT2D eigenvalue weighted by atomic mass is 10.1. The summed E-state index contributed by atoms with van der Waals surface area (Å²) in [7, 11) is 0. The summed E-state index contributed by atoms with van der Waals surface area (Å²) in [5.41, 5.74) is 0.535. The quantitative estimate of drug-likeness (QED) is 0.788. The smallest absolute Gasteiger partial charge is 0.256 e. The third-order valence-electron chi connectivity index (χ3n) is 4.76. The molecule has 1 N–H and O–H groups in total. The first-order chi connectivity index (χ1) is 13.5. The molecule has 2 aromatic rings. The molecule has 1 fully saturated rings. The first-order valence-electron chi connectivity index (χ1n) is 9.30. The molecule has 5 nitrogen and oxygen atoms in total. The van der Waals surface area contributed by atoms with Crippen molar-refractivity contribution in [2.45, 2.75) is 12.7 Å². The van der Waals surface area contributed by atoms with Crippen LogP contribution in [0.3, 0.4) is 0 Å². The number of ether oxygens (including phenoxy) is 1. The van der Waals surface area contributed by atoms with E-state index in [1.807, 2.05) is 4.90 Å². The summed E-state index contributed by atoms with van der Waals surface area (Å²) in [6.07, 6.45) is -0.708. The number of aliphatic hydroxyl groups excluding tert-OH is 1. The Bertz CT molecular complexity index is 795. The van der Waals surface area contributed by atoms with Crippen molar-refractivity contribution < 1.29 is 23.4 Å². The van der Waals surface area contributed by atoms with Crippen LogP contribution >= 0.6 is 0 Å². The zero-order valence-electron chi connectivity index (χ0n) is 15.6. The molecule has 0 radical (unpaired) electrons. The Morgan fingerprint density at radius 2 is 1.64 bits per heavy atom. The predicted molar refractivity (Wildman–Crippen MR) is 101 cm³/mol. The number of benzene rings is 2. The van der Waals surface area contributed by atoms with Gasteiger partial charge in [-0.1, -0.05) is 30.3 Å².